The standard InChI is InChI=1S/C24H19N3O2S/c1-16-18(23-25-20-11-5-6-13-21(20)29-23)10-7-12-19(16)26-24(30)27-22(28)15-14-17-8-3-2-4-9-17/h2-15H,1H3,(H2,26,27,28,30). The van der Waals surface area contributed by atoms with Crippen molar-refractivity contribution in [2.45, 2.75) is 6.92 Å². The van der Waals surface area contributed by atoms with Crippen LogP contribution in [0.15, 0.2) is 83.3 Å². The number of carbonyl (C=O) groups excluding carboxylic acids is 1. The van der Waals surface area contributed by atoms with Crippen LogP contribution in [-0.2, 0) is 4.79 Å². The second-order valence-corrected chi connectivity index (χ2v) is 7.06. The molecule has 4 aromatic rings. The van der Waals surface area contributed by atoms with E-state index in [1.54, 1.807) is 6.08 Å². The average molecular weight is 414 g/mol. The maximum Gasteiger partial charge on any atom is 0.250 e. The Morgan fingerprint density at radius 2 is 1.77 bits per heavy atom. The third-order valence-electron chi connectivity index (χ3n) is 4.57. The van der Waals surface area contributed by atoms with Crippen LogP contribution in [0.5, 0.6) is 0 Å². The van der Waals surface area contributed by atoms with Gasteiger partial charge in [0.05, 0.1) is 0 Å². The predicted molar refractivity (Wildman–Crippen MR) is 124 cm³/mol. The van der Waals surface area contributed by atoms with Crippen molar-refractivity contribution >= 4 is 46.1 Å². The van der Waals surface area contributed by atoms with Crippen molar-refractivity contribution in [3.8, 4) is 11.5 Å². The number of fused-ring (bicyclic) bond motifs is 1. The van der Waals surface area contributed by atoms with Crippen LogP contribution in [0.2, 0.25) is 0 Å². The van der Waals surface area contributed by atoms with Gasteiger partial charge >= 0.3 is 0 Å². The molecular weight excluding hydrogens is 394 g/mol. The molecule has 2 N–H and O–H groups in total. The summed E-state index contributed by atoms with van der Waals surface area (Å²) in [4.78, 5) is 16.7. The predicted octanol–water partition coefficient (Wildman–Crippen LogP) is 5.33. The number of oxazole rings is 1. The van der Waals surface area contributed by atoms with Gasteiger partial charge in [-0.3, -0.25) is 10.1 Å². The molecule has 0 radical (unpaired) electrons. The van der Waals surface area contributed by atoms with Crippen molar-refractivity contribution in [1.82, 2.24) is 10.3 Å². The Labute approximate surface area is 179 Å². The molecule has 3 aromatic carbocycles. The smallest absolute Gasteiger partial charge is 0.250 e. The van der Waals surface area contributed by atoms with E-state index in [9.17, 15) is 4.79 Å². The normalized spacial score (nSPS) is 11.0. The van der Waals surface area contributed by atoms with Crippen LogP contribution in [-0.4, -0.2) is 16.0 Å². The summed E-state index contributed by atoms with van der Waals surface area (Å²) in [6.07, 6.45) is 3.18. The van der Waals surface area contributed by atoms with Gasteiger partial charge in [-0.25, -0.2) is 4.98 Å². The summed E-state index contributed by atoms with van der Waals surface area (Å²) in [6, 6.07) is 22.9. The zero-order chi connectivity index (χ0) is 20.9. The minimum atomic E-state index is -0.302. The molecule has 1 aromatic heterocycles. The highest BCUT2D eigenvalue weighted by atomic mass is 32.1. The maximum absolute atomic E-state index is 12.1. The summed E-state index contributed by atoms with van der Waals surface area (Å²) >= 11 is 5.30. The average Bonchev–Trinajstić information content (AvgIpc) is 3.18. The molecule has 1 amide bonds. The van der Waals surface area contributed by atoms with Crippen LogP contribution in [0, 0.1) is 6.92 Å². The number of nitrogens with one attached hydrogen (secondary N) is 2. The van der Waals surface area contributed by atoms with E-state index < -0.39 is 0 Å². The van der Waals surface area contributed by atoms with Gasteiger partial charge < -0.3 is 9.73 Å². The van der Waals surface area contributed by atoms with Gasteiger partial charge in [0, 0.05) is 17.3 Å². The fraction of sp³-hybridized carbons (Fsp3) is 0.0417. The van der Waals surface area contributed by atoms with Gasteiger partial charge in [-0.15, -0.1) is 0 Å². The van der Waals surface area contributed by atoms with E-state index in [4.69, 9.17) is 16.6 Å². The topological polar surface area (TPSA) is 67.2 Å². The van der Waals surface area contributed by atoms with Crippen LogP contribution in [0.1, 0.15) is 11.1 Å². The summed E-state index contributed by atoms with van der Waals surface area (Å²) in [6.45, 7) is 1.95. The molecule has 0 unspecified atom stereocenters. The fourth-order valence-electron chi connectivity index (χ4n) is 3.03. The molecule has 0 atom stereocenters. The van der Waals surface area contributed by atoms with Crippen LogP contribution in [0.25, 0.3) is 28.6 Å². The SMILES string of the molecule is Cc1c(NC(=S)NC(=O)C=Cc2ccccc2)cccc1-c1nc2ccccc2o1. The number of para-hydroxylation sites is 2. The molecule has 6 heteroatoms. The molecular formula is C24H19N3O2S. The molecule has 0 saturated carbocycles. The minimum absolute atomic E-state index is 0.218. The molecule has 5 nitrogen and oxygen atoms in total. The van der Waals surface area contributed by atoms with Gasteiger partial charge in [-0.1, -0.05) is 48.5 Å². The van der Waals surface area contributed by atoms with Crippen molar-refractivity contribution in [2.24, 2.45) is 0 Å². The molecule has 1 heterocycles. The number of carbonyl (C=O) groups is 1. The zero-order valence-electron chi connectivity index (χ0n) is 16.3. The highest BCUT2D eigenvalue weighted by Gasteiger charge is 2.13. The lowest BCUT2D eigenvalue weighted by atomic mass is 10.1. The van der Waals surface area contributed by atoms with Crippen LogP contribution in [0.3, 0.4) is 0 Å². The molecule has 0 saturated heterocycles. The first-order valence-electron chi connectivity index (χ1n) is 9.41. The van der Waals surface area contributed by atoms with E-state index in [2.05, 4.69) is 15.6 Å². The van der Waals surface area contributed by atoms with E-state index in [0.717, 1.165) is 33.5 Å². The molecule has 0 aliphatic carbocycles. The minimum Gasteiger partial charge on any atom is -0.436 e. The largest absolute Gasteiger partial charge is 0.436 e. The summed E-state index contributed by atoms with van der Waals surface area (Å²) < 4.78 is 5.88. The number of anilines is 1. The van der Waals surface area contributed by atoms with E-state index in [1.165, 1.54) is 6.08 Å². The zero-order valence-corrected chi connectivity index (χ0v) is 17.1. The van der Waals surface area contributed by atoms with Gasteiger partial charge in [-0.05, 0) is 60.6 Å². The van der Waals surface area contributed by atoms with Gasteiger partial charge in [0.2, 0.25) is 11.8 Å². The van der Waals surface area contributed by atoms with Crippen LogP contribution in [0.4, 0.5) is 5.69 Å². The highest BCUT2D eigenvalue weighted by Crippen LogP contribution is 2.30. The van der Waals surface area contributed by atoms with E-state index in [-0.39, 0.29) is 11.0 Å². The Balaban J connectivity index is 1.47. The van der Waals surface area contributed by atoms with Gasteiger partial charge in [0.1, 0.15) is 5.52 Å². The summed E-state index contributed by atoms with van der Waals surface area (Å²) in [5, 5.41) is 5.96. The fourth-order valence-corrected chi connectivity index (χ4v) is 3.24. The Morgan fingerprint density at radius 1 is 1.00 bits per heavy atom. The molecule has 30 heavy (non-hydrogen) atoms. The molecule has 148 valence electrons. The van der Waals surface area contributed by atoms with E-state index in [0.29, 0.717) is 5.89 Å². The Kier molecular flexibility index (Phi) is 5.68. The Morgan fingerprint density at radius 3 is 2.57 bits per heavy atom. The quantitative estimate of drug-likeness (QED) is 0.350. The number of hydrogen-bond acceptors (Lipinski definition) is 4. The molecule has 0 bridgehead atoms. The lowest BCUT2D eigenvalue weighted by Crippen LogP contribution is -2.33. The Hall–Kier alpha value is -3.77. The maximum atomic E-state index is 12.1. The number of benzene rings is 3. The summed E-state index contributed by atoms with van der Waals surface area (Å²) in [5.74, 6) is 0.238. The highest BCUT2D eigenvalue weighted by molar-refractivity contribution is 7.80. The van der Waals surface area contributed by atoms with Crippen LogP contribution >= 0.6 is 12.2 Å². The molecule has 0 aliphatic rings. The molecule has 0 fully saturated rings. The summed E-state index contributed by atoms with van der Waals surface area (Å²) in [7, 11) is 0. The molecule has 4 rings (SSSR count). The molecule has 0 spiro atoms. The number of hydrogen-bond donors (Lipinski definition) is 2. The number of nitrogens with zero attached hydrogens (tertiary/aromatic N) is 1. The summed E-state index contributed by atoms with van der Waals surface area (Å²) in [5.41, 5.74) is 5.02. The first-order valence-corrected chi connectivity index (χ1v) is 9.81. The van der Waals surface area contributed by atoms with Crippen molar-refractivity contribution < 1.29 is 9.21 Å². The number of aromatic nitrogens is 1. The number of thiocarbonyl (C=S) groups is 1. The lowest BCUT2D eigenvalue weighted by molar-refractivity contribution is -0.115. The first-order chi connectivity index (χ1) is 14.6. The van der Waals surface area contributed by atoms with Crippen molar-refractivity contribution in [1.29, 1.82) is 0 Å². The van der Waals surface area contributed by atoms with Crippen molar-refractivity contribution in [3.05, 3.63) is 90.0 Å². The number of amides is 1. The third kappa shape index (κ3) is 4.45. The van der Waals surface area contributed by atoms with Gasteiger partial charge in [-0.2, -0.15) is 0 Å². The van der Waals surface area contributed by atoms with Gasteiger partial charge in [0.15, 0.2) is 10.7 Å². The third-order valence-corrected chi connectivity index (χ3v) is 4.77. The van der Waals surface area contributed by atoms with E-state index >= 15 is 0 Å². The van der Waals surface area contributed by atoms with Crippen molar-refractivity contribution in [2.75, 3.05) is 5.32 Å². The van der Waals surface area contributed by atoms with Crippen molar-refractivity contribution in [3.63, 3.8) is 0 Å². The number of rotatable bonds is 4. The van der Waals surface area contributed by atoms with E-state index in [1.807, 2.05) is 79.7 Å². The second kappa shape index (κ2) is 8.71. The van der Waals surface area contributed by atoms with Gasteiger partial charge in [0.25, 0.3) is 0 Å². The Bertz CT molecular complexity index is 1210. The monoisotopic (exact) mass is 413 g/mol. The van der Waals surface area contributed by atoms with Crippen LogP contribution < -0.4 is 10.6 Å². The second-order valence-electron chi connectivity index (χ2n) is 6.65. The lowest BCUT2D eigenvalue weighted by Gasteiger charge is -2.12. The molecule has 0 aliphatic heterocycles. The first kappa shape index (κ1) is 19.5.